The molecule has 0 aliphatic rings. The molecule has 0 bridgehead atoms. The van der Waals surface area contributed by atoms with E-state index in [2.05, 4.69) is 5.32 Å². The van der Waals surface area contributed by atoms with Crippen LogP contribution < -0.4 is 5.32 Å². The van der Waals surface area contributed by atoms with Crippen LogP contribution in [0.15, 0.2) is 18.2 Å². The lowest BCUT2D eigenvalue weighted by molar-refractivity contribution is -0.142. The first-order chi connectivity index (χ1) is 8.82. The van der Waals surface area contributed by atoms with Gasteiger partial charge in [0.1, 0.15) is 5.82 Å². The molecule has 19 heavy (non-hydrogen) atoms. The van der Waals surface area contributed by atoms with E-state index in [1.807, 2.05) is 22.6 Å². The van der Waals surface area contributed by atoms with E-state index in [1.54, 1.807) is 13.8 Å². The Morgan fingerprint density at radius 3 is 2.53 bits per heavy atom. The van der Waals surface area contributed by atoms with Gasteiger partial charge in [0.05, 0.1) is 11.5 Å². The molecule has 6 heteroatoms. The number of halogens is 2. The van der Waals surface area contributed by atoms with E-state index in [1.165, 1.54) is 18.2 Å². The molecule has 0 heterocycles. The molecule has 0 fully saturated rings. The molecule has 104 valence electrons. The fourth-order valence-electron chi connectivity index (χ4n) is 1.58. The van der Waals surface area contributed by atoms with Gasteiger partial charge in [-0.25, -0.2) is 4.39 Å². The second-order valence-electron chi connectivity index (χ2n) is 4.52. The zero-order chi connectivity index (χ0) is 14.6. The van der Waals surface area contributed by atoms with Gasteiger partial charge in [0.25, 0.3) is 5.91 Å². The van der Waals surface area contributed by atoms with Crippen LogP contribution in [0.4, 0.5) is 4.39 Å². The van der Waals surface area contributed by atoms with Gasteiger partial charge in [-0.05, 0) is 46.7 Å². The van der Waals surface area contributed by atoms with Crippen molar-refractivity contribution >= 4 is 34.5 Å². The number of aliphatic carboxylic acids is 1. The highest BCUT2D eigenvalue weighted by molar-refractivity contribution is 14.1. The molecule has 1 atom stereocenters. The predicted octanol–water partition coefficient (Wildman–Crippen LogP) is 2.52. The number of carboxylic acids is 1. The van der Waals surface area contributed by atoms with Gasteiger partial charge in [-0.3, -0.25) is 9.59 Å². The van der Waals surface area contributed by atoms with Crippen LogP contribution in [0.3, 0.4) is 0 Å². The van der Waals surface area contributed by atoms with Crippen LogP contribution in [0.1, 0.15) is 24.2 Å². The molecular formula is C13H15FINO3. The number of rotatable bonds is 5. The average molecular weight is 379 g/mol. The summed E-state index contributed by atoms with van der Waals surface area (Å²) in [7, 11) is 0. The molecule has 0 aliphatic heterocycles. The Kier molecular flexibility index (Phi) is 5.71. The SMILES string of the molecule is CC(C)C(CNC(=O)c1ccc(F)cc1I)C(=O)O. The Morgan fingerprint density at radius 2 is 2.05 bits per heavy atom. The number of carboxylic acid groups (broad SMARTS) is 1. The van der Waals surface area contributed by atoms with E-state index < -0.39 is 23.6 Å². The van der Waals surface area contributed by atoms with Crippen molar-refractivity contribution < 1.29 is 19.1 Å². The number of benzene rings is 1. The molecule has 1 unspecified atom stereocenters. The van der Waals surface area contributed by atoms with Crippen molar-refractivity contribution in [2.75, 3.05) is 6.54 Å². The molecule has 0 aliphatic carbocycles. The fourth-order valence-corrected chi connectivity index (χ4v) is 2.30. The lowest BCUT2D eigenvalue weighted by Crippen LogP contribution is -2.35. The lowest BCUT2D eigenvalue weighted by Gasteiger charge is -2.17. The third-order valence-corrected chi connectivity index (χ3v) is 3.67. The molecule has 0 spiro atoms. The third kappa shape index (κ3) is 4.45. The standard InChI is InChI=1S/C13H15FINO3/c1-7(2)10(13(18)19)6-16-12(17)9-4-3-8(14)5-11(9)15/h3-5,7,10H,6H2,1-2H3,(H,16,17)(H,18,19). The maximum atomic E-state index is 12.9. The van der Waals surface area contributed by atoms with E-state index in [4.69, 9.17) is 5.11 Å². The first-order valence-corrected chi connectivity index (χ1v) is 6.87. The van der Waals surface area contributed by atoms with Crippen LogP contribution in [0.25, 0.3) is 0 Å². The number of hydrogen-bond acceptors (Lipinski definition) is 2. The number of carbonyl (C=O) groups is 2. The molecule has 2 N–H and O–H groups in total. The minimum atomic E-state index is -0.941. The molecule has 1 amide bonds. The highest BCUT2D eigenvalue weighted by Crippen LogP contribution is 2.15. The molecule has 4 nitrogen and oxygen atoms in total. The summed E-state index contributed by atoms with van der Waals surface area (Å²) in [5, 5.41) is 11.6. The van der Waals surface area contributed by atoms with Crippen LogP contribution >= 0.6 is 22.6 Å². The zero-order valence-electron chi connectivity index (χ0n) is 10.6. The molecule has 0 aromatic heterocycles. The van der Waals surface area contributed by atoms with Crippen LogP contribution in [0.2, 0.25) is 0 Å². The largest absolute Gasteiger partial charge is 0.481 e. The zero-order valence-corrected chi connectivity index (χ0v) is 12.8. The summed E-state index contributed by atoms with van der Waals surface area (Å²) in [5.74, 6) is -2.46. The maximum absolute atomic E-state index is 12.9. The lowest BCUT2D eigenvalue weighted by atomic mass is 9.96. The average Bonchev–Trinajstić information content (AvgIpc) is 2.27. The molecule has 0 saturated carbocycles. The molecule has 1 aromatic rings. The van der Waals surface area contributed by atoms with E-state index in [9.17, 15) is 14.0 Å². The first kappa shape index (κ1) is 15.9. The minimum absolute atomic E-state index is 0.0549. The van der Waals surface area contributed by atoms with Crippen molar-refractivity contribution in [1.82, 2.24) is 5.32 Å². The van der Waals surface area contributed by atoms with E-state index in [0.717, 1.165) is 0 Å². The Morgan fingerprint density at radius 1 is 1.42 bits per heavy atom. The van der Waals surface area contributed by atoms with Crippen LogP contribution in [-0.4, -0.2) is 23.5 Å². The van der Waals surface area contributed by atoms with Crippen LogP contribution in [-0.2, 0) is 4.79 Å². The number of hydrogen-bond donors (Lipinski definition) is 2. The molecule has 0 radical (unpaired) electrons. The first-order valence-electron chi connectivity index (χ1n) is 5.79. The topological polar surface area (TPSA) is 66.4 Å². The Balaban J connectivity index is 2.72. The summed E-state index contributed by atoms with van der Waals surface area (Å²) < 4.78 is 13.4. The smallest absolute Gasteiger partial charge is 0.308 e. The summed E-state index contributed by atoms with van der Waals surface area (Å²) in [6.45, 7) is 3.62. The van der Waals surface area contributed by atoms with Crippen molar-refractivity contribution in [2.45, 2.75) is 13.8 Å². The highest BCUT2D eigenvalue weighted by Gasteiger charge is 2.22. The van der Waals surface area contributed by atoms with Gasteiger partial charge in [-0.15, -0.1) is 0 Å². The number of nitrogens with one attached hydrogen (secondary N) is 1. The normalized spacial score (nSPS) is 12.3. The van der Waals surface area contributed by atoms with Gasteiger partial charge < -0.3 is 10.4 Å². The number of carbonyl (C=O) groups excluding carboxylic acids is 1. The summed E-state index contributed by atoms with van der Waals surface area (Å²) in [6, 6.07) is 3.85. The summed E-state index contributed by atoms with van der Waals surface area (Å²) in [4.78, 5) is 22.9. The molecule has 1 aromatic carbocycles. The fraction of sp³-hybridized carbons (Fsp3) is 0.385. The quantitative estimate of drug-likeness (QED) is 0.773. The van der Waals surface area contributed by atoms with E-state index in [-0.39, 0.29) is 12.5 Å². The van der Waals surface area contributed by atoms with Crippen LogP contribution in [0.5, 0.6) is 0 Å². The summed E-state index contributed by atoms with van der Waals surface area (Å²) in [5.41, 5.74) is 0.342. The highest BCUT2D eigenvalue weighted by atomic mass is 127. The Hall–Kier alpha value is -1.18. The third-order valence-electron chi connectivity index (χ3n) is 2.78. The van der Waals surface area contributed by atoms with Gasteiger partial charge in [-0.2, -0.15) is 0 Å². The maximum Gasteiger partial charge on any atom is 0.308 e. The molecular weight excluding hydrogens is 364 g/mol. The van der Waals surface area contributed by atoms with E-state index in [0.29, 0.717) is 9.13 Å². The second kappa shape index (κ2) is 6.83. The van der Waals surface area contributed by atoms with Gasteiger partial charge in [0.15, 0.2) is 0 Å². The van der Waals surface area contributed by atoms with Crippen LogP contribution in [0, 0.1) is 21.2 Å². The van der Waals surface area contributed by atoms with Crippen molar-refractivity contribution in [3.8, 4) is 0 Å². The van der Waals surface area contributed by atoms with Crippen molar-refractivity contribution in [1.29, 1.82) is 0 Å². The monoisotopic (exact) mass is 379 g/mol. The molecule has 1 rings (SSSR count). The summed E-state index contributed by atoms with van der Waals surface area (Å²) >= 11 is 1.87. The van der Waals surface area contributed by atoms with Gasteiger partial charge in [0, 0.05) is 10.1 Å². The van der Waals surface area contributed by atoms with Crippen molar-refractivity contribution in [3.05, 3.63) is 33.1 Å². The van der Waals surface area contributed by atoms with Gasteiger partial charge in [0.2, 0.25) is 0 Å². The molecule has 0 saturated heterocycles. The van der Waals surface area contributed by atoms with Gasteiger partial charge >= 0.3 is 5.97 Å². The second-order valence-corrected chi connectivity index (χ2v) is 5.69. The Bertz CT molecular complexity index is 491. The van der Waals surface area contributed by atoms with Gasteiger partial charge in [-0.1, -0.05) is 13.8 Å². The predicted molar refractivity (Wildman–Crippen MR) is 77.4 cm³/mol. The summed E-state index contributed by atoms with van der Waals surface area (Å²) in [6.07, 6.45) is 0. The van der Waals surface area contributed by atoms with E-state index >= 15 is 0 Å². The number of amides is 1. The minimum Gasteiger partial charge on any atom is -0.481 e. The van der Waals surface area contributed by atoms with Crippen molar-refractivity contribution in [3.63, 3.8) is 0 Å². The van der Waals surface area contributed by atoms with Crippen molar-refractivity contribution in [2.24, 2.45) is 11.8 Å². The Labute approximate surface area is 124 Å².